The molecule has 31 heavy (non-hydrogen) atoms. The van der Waals surface area contributed by atoms with Gasteiger partial charge in [0.25, 0.3) is 5.91 Å². The van der Waals surface area contributed by atoms with Gasteiger partial charge < -0.3 is 15.4 Å². The van der Waals surface area contributed by atoms with Crippen molar-refractivity contribution in [2.75, 3.05) is 17.2 Å². The van der Waals surface area contributed by atoms with Crippen LogP contribution in [0.4, 0.5) is 17.1 Å². The SMILES string of the molecule is CCCCCOc1ccc(C(=O)NC(=S)Nc2ccc(Nc3ccccc3)cc2)cc1. The first kappa shape index (κ1) is 22.3. The minimum absolute atomic E-state index is 0.244. The second-order valence-corrected chi connectivity index (χ2v) is 7.46. The molecular weight excluding hydrogens is 406 g/mol. The minimum atomic E-state index is -0.266. The number of carbonyl (C=O) groups excluding carboxylic acids is 1. The second kappa shape index (κ2) is 11.7. The Balaban J connectivity index is 1.47. The number of hydrogen-bond acceptors (Lipinski definition) is 4. The number of unbranched alkanes of at least 4 members (excludes halogenated alkanes) is 2. The Bertz CT molecular complexity index is 974. The minimum Gasteiger partial charge on any atom is -0.494 e. The van der Waals surface area contributed by atoms with E-state index >= 15 is 0 Å². The quantitative estimate of drug-likeness (QED) is 0.280. The summed E-state index contributed by atoms with van der Waals surface area (Å²) in [6, 6.07) is 24.7. The first-order valence-electron chi connectivity index (χ1n) is 10.4. The average Bonchev–Trinajstić information content (AvgIpc) is 2.79. The number of thiocarbonyl (C=S) groups is 1. The molecule has 160 valence electrons. The molecule has 1 amide bonds. The van der Waals surface area contributed by atoms with Gasteiger partial charge in [0, 0.05) is 22.6 Å². The van der Waals surface area contributed by atoms with Crippen LogP contribution < -0.4 is 20.7 Å². The molecule has 0 unspecified atom stereocenters. The van der Waals surface area contributed by atoms with Crippen molar-refractivity contribution in [1.82, 2.24) is 5.32 Å². The van der Waals surface area contributed by atoms with E-state index < -0.39 is 0 Å². The lowest BCUT2D eigenvalue weighted by atomic mass is 10.2. The normalized spacial score (nSPS) is 10.2. The van der Waals surface area contributed by atoms with Crippen LogP contribution in [0.2, 0.25) is 0 Å². The maximum atomic E-state index is 12.4. The van der Waals surface area contributed by atoms with E-state index in [1.807, 2.05) is 54.6 Å². The lowest BCUT2D eigenvalue weighted by Gasteiger charge is -2.11. The molecule has 0 saturated heterocycles. The number of anilines is 3. The number of ether oxygens (including phenoxy) is 1. The summed E-state index contributed by atoms with van der Waals surface area (Å²) in [7, 11) is 0. The summed E-state index contributed by atoms with van der Waals surface area (Å²) in [4.78, 5) is 12.4. The van der Waals surface area contributed by atoms with E-state index in [4.69, 9.17) is 17.0 Å². The third-order valence-electron chi connectivity index (χ3n) is 4.57. The van der Waals surface area contributed by atoms with E-state index in [1.165, 1.54) is 0 Å². The van der Waals surface area contributed by atoms with E-state index in [0.717, 1.165) is 42.1 Å². The molecule has 0 aliphatic rings. The number of rotatable bonds is 9. The molecule has 0 bridgehead atoms. The van der Waals surface area contributed by atoms with E-state index in [2.05, 4.69) is 22.9 Å². The molecule has 3 aromatic rings. The van der Waals surface area contributed by atoms with Crippen LogP contribution in [0.15, 0.2) is 78.9 Å². The number of nitrogens with one attached hydrogen (secondary N) is 3. The molecule has 3 rings (SSSR count). The number of hydrogen-bond donors (Lipinski definition) is 3. The summed E-state index contributed by atoms with van der Waals surface area (Å²) in [5.41, 5.74) is 3.29. The predicted molar refractivity (Wildman–Crippen MR) is 131 cm³/mol. The summed E-state index contributed by atoms with van der Waals surface area (Å²) in [6.45, 7) is 2.85. The third-order valence-corrected chi connectivity index (χ3v) is 4.77. The molecule has 0 fully saturated rings. The summed E-state index contributed by atoms with van der Waals surface area (Å²) in [5.74, 6) is 0.495. The monoisotopic (exact) mass is 433 g/mol. The van der Waals surface area contributed by atoms with Crippen LogP contribution in [0.3, 0.4) is 0 Å². The third kappa shape index (κ3) is 7.42. The van der Waals surface area contributed by atoms with Crippen LogP contribution in [-0.2, 0) is 0 Å². The Morgan fingerprint density at radius 2 is 1.48 bits per heavy atom. The van der Waals surface area contributed by atoms with Crippen molar-refractivity contribution < 1.29 is 9.53 Å². The van der Waals surface area contributed by atoms with Crippen molar-refractivity contribution in [3.63, 3.8) is 0 Å². The predicted octanol–water partition coefficient (Wildman–Crippen LogP) is 6.13. The smallest absolute Gasteiger partial charge is 0.257 e. The van der Waals surface area contributed by atoms with E-state index in [1.54, 1.807) is 24.3 Å². The Labute approximate surface area is 188 Å². The molecule has 0 aliphatic carbocycles. The standard InChI is InChI=1S/C25H27N3O2S/c1-2-3-7-18-30-23-16-10-19(11-17-23)24(29)28-25(31)27-22-14-12-21(13-15-22)26-20-8-5-4-6-9-20/h4-6,8-17,26H,2-3,7,18H2,1H3,(H2,27,28,29,31). The molecule has 0 aliphatic heterocycles. The molecule has 0 saturated carbocycles. The van der Waals surface area contributed by atoms with Crippen LogP contribution in [0.25, 0.3) is 0 Å². The highest BCUT2D eigenvalue weighted by molar-refractivity contribution is 7.80. The van der Waals surface area contributed by atoms with Gasteiger partial charge in [0.1, 0.15) is 5.75 Å². The van der Waals surface area contributed by atoms with Gasteiger partial charge in [-0.15, -0.1) is 0 Å². The van der Waals surface area contributed by atoms with Crippen molar-refractivity contribution in [3.8, 4) is 5.75 Å². The molecule has 3 N–H and O–H groups in total. The Hall–Kier alpha value is -3.38. The first-order chi connectivity index (χ1) is 15.1. The van der Waals surface area contributed by atoms with E-state index in [-0.39, 0.29) is 11.0 Å². The zero-order valence-electron chi connectivity index (χ0n) is 17.6. The van der Waals surface area contributed by atoms with Crippen LogP contribution in [0.1, 0.15) is 36.5 Å². The van der Waals surface area contributed by atoms with Gasteiger partial charge >= 0.3 is 0 Å². The molecular formula is C25H27N3O2S. The molecule has 0 aromatic heterocycles. The maximum Gasteiger partial charge on any atom is 0.257 e. The lowest BCUT2D eigenvalue weighted by Crippen LogP contribution is -2.34. The summed E-state index contributed by atoms with van der Waals surface area (Å²) >= 11 is 5.27. The largest absolute Gasteiger partial charge is 0.494 e. The van der Waals surface area contributed by atoms with Crippen LogP contribution in [0, 0.1) is 0 Å². The first-order valence-corrected chi connectivity index (χ1v) is 10.8. The van der Waals surface area contributed by atoms with Crippen molar-refractivity contribution >= 4 is 40.3 Å². The van der Waals surface area contributed by atoms with Gasteiger partial charge in [-0.2, -0.15) is 0 Å². The highest BCUT2D eigenvalue weighted by atomic mass is 32.1. The van der Waals surface area contributed by atoms with Gasteiger partial charge in [-0.3, -0.25) is 10.1 Å². The van der Waals surface area contributed by atoms with Crippen molar-refractivity contribution in [2.45, 2.75) is 26.2 Å². The fraction of sp³-hybridized carbons (Fsp3) is 0.200. The highest BCUT2D eigenvalue weighted by Crippen LogP contribution is 2.18. The topological polar surface area (TPSA) is 62.4 Å². The molecule has 5 nitrogen and oxygen atoms in total. The molecule has 0 radical (unpaired) electrons. The highest BCUT2D eigenvalue weighted by Gasteiger charge is 2.08. The van der Waals surface area contributed by atoms with Gasteiger partial charge in [-0.05, 0) is 79.3 Å². The molecule has 6 heteroatoms. The maximum absolute atomic E-state index is 12.4. The summed E-state index contributed by atoms with van der Waals surface area (Å²) < 4.78 is 5.68. The molecule has 3 aromatic carbocycles. The average molecular weight is 434 g/mol. The van der Waals surface area contributed by atoms with Gasteiger partial charge in [0.2, 0.25) is 0 Å². The fourth-order valence-corrected chi connectivity index (χ4v) is 3.12. The summed E-state index contributed by atoms with van der Waals surface area (Å²) in [6.07, 6.45) is 3.34. The zero-order valence-corrected chi connectivity index (χ0v) is 18.4. The number of amides is 1. The summed E-state index contributed by atoms with van der Waals surface area (Å²) in [5, 5.41) is 9.30. The lowest BCUT2D eigenvalue weighted by molar-refractivity contribution is 0.0977. The molecule has 0 atom stereocenters. The number of benzene rings is 3. The molecule has 0 spiro atoms. The van der Waals surface area contributed by atoms with Crippen molar-refractivity contribution in [3.05, 3.63) is 84.4 Å². The second-order valence-electron chi connectivity index (χ2n) is 7.06. The van der Waals surface area contributed by atoms with Gasteiger partial charge in [0.05, 0.1) is 6.61 Å². The fourth-order valence-electron chi connectivity index (χ4n) is 2.91. The number of carbonyl (C=O) groups is 1. The van der Waals surface area contributed by atoms with Crippen LogP contribution >= 0.6 is 12.2 Å². The van der Waals surface area contributed by atoms with Crippen LogP contribution in [-0.4, -0.2) is 17.6 Å². The Kier molecular flexibility index (Phi) is 8.43. The van der Waals surface area contributed by atoms with Crippen LogP contribution in [0.5, 0.6) is 5.75 Å². The van der Waals surface area contributed by atoms with Gasteiger partial charge in [0.15, 0.2) is 5.11 Å². The van der Waals surface area contributed by atoms with E-state index in [0.29, 0.717) is 12.2 Å². The Morgan fingerprint density at radius 1 is 0.839 bits per heavy atom. The Morgan fingerprint density at radius 3 is 2.16 bits per heavy atom. The van der Waals surface area contributed by atoms with Crippen molar-refractivity contribution in [2.24, 2.45) is 0 Å². The van der Waals surface area contributed by atoms with Gasteiger partial charge in [-0.1, -0.05) is 38.0 Å². The molecule has 0 heterocycles. The van der Waals surface area contributed by atoms with E-state index in [9.17, 15) is 4.79 Å². The number of para-hydroxylation sites is 1. The zero-order chi connectivity index (χ0) is 21.9. The van der Waals surface area contributed by atoms with Gasteiger partial charge in [-0.25, -0.2) is 0 Å². The van der Waals surface area contributed by atoms with Crippen molar-refractivity contribution in [1.29, 1.82) is 0 Å².